The van der Waals surface area contributed by atoms with Crippen molar-refractivity contribution >= 4 is 34.7 Å². The smallest absolute Gasteiger partial charge is 0.282 e. The summed E-state index contributed by atoms with van der Waals surface area (Å²) in [7, 11) is 3.13. The zero-order valence-corrected chi connectivity index (χ0v) is 16.7. The molecule has 0 unspecified atom stereocenters. The summed E-state index contributed by atoms with van der Waals surface area (Å²) in [5.41, 5.74) is 2.46. The van der Waals surface area contributed by atoms with Crippen molar-refractivity contribution in [3.05, 3.63) is 64.3 Å². The van der Waals surface area contributed by atoms with Crippen molar-refractivity contribution in [2.45, 2.75) is 6.92 Å². The van der Waals surface area contributed by atoms with E-state index < -0.39 is 11.8 Å². The highest BCUT2D eigenvalue weighted by Crippen LogP contribution is 2.39. The van der Waals surface area contributed by atoms with Crippen molar-refractivity contribution < 1.29 is 19.4 Å². The van der Waals surface area contributed by atoms with Crippen molar-refractivity contribution in [1.29, 1.82) is 0 Å². The maximum absolute atomic E-state index is 13.4. The number of likely N-dealkylation sites (N-methyl/N-ethyl adjacent to an activating group) is 1. The lowest BCUT2D eigenvalue weighted by Crippen LogP contribution is -2.35. The van der Waals surface area contributed by atoms with E-state index in [1.54, 1.807) is 36.2 Å². The maximum atomic E-state index is 13.4. The van der Waals surface area contributed by atoms with Gasteiger partial charge in [0.1, 0.15) is 11.4 Å². The Kier molecular flexibility index (Phi) is 5.72. The monoisotopic (exact) mass is 400 g/mol. The van der Waals surface area contributed by atoms with E-state index in [-0.39, 0.29) is 30.1 Å². The number of methoxy groups -OCH3 is 1. The molecule has 2 amide bonds. The number of imide groups is 1. The van der Waals surface area contributed by atoms with Gasteiger partial charge in [0.05, 0.1) is 25.0 Å². The Hall–Kier alpha value is -2.83. The molecule has 2 aromatic rings. The van der Waals surface area contributed by atoms with E-state index in [0.717, 1.165) is 10.5 Å². The third-order valence-electron chi connectivity index (χ3n) is 4.60. The van der Waals surface area contributed by atoms with E-state index in [4.69, 9.17) is 16.3 Å². The number of nitrogens with zero attached hydrogens (tertiary/aromatic N) is 2. The molecular weight excluding hydrogens is 380 g/mol. The van der Waals surface area contributed by atoms with Gasteiger partial charge in [-0.25, -0.2) is 4.90 Å². The van der Waals surface area contributed by atoms with Gasteiger partial charge in [-0.3, -0.25) is 9.59 Å². The Morgan fingerprint density at radius 2 is 1.79 bits per heavy atom. The number of rotatable bonds is 6. The lowest BCUT2D eigenvalue weighted by atomic mass is 10.0. The lowest BCUT2D eigenvalue weighted by molar-refractivity contribution is -0.120. The van der Waals surface area contributed by atoms with Gasteiger partial charge in [0.2, 0.25) is 0 Å². The van der Waals surface area contributed by atoms with E-state index in [0.29, 0.717) is 16.3 Å². The molecule has 6 nitrogen and oxygen atoms in total. The van der Waals surface area contributed by atoms with Gasteiger partial charge in [-0.2, -0.15) is 0 Å². The molecule has 0 aliphatic carbocycles. The lowest BCUT2D eigenvalue weighted by Gasteiger charge is -2.21. The first-order valence-corrected chi connectivity index (χ1v) is 9.12. The van der Waals surface area contributed by atoms with E-state index in [9.17, 15) is 14.7 Å². The molecule has 0 aromatic heterocycles. The predicted molar refractivity (Wildman–Crippen MR) is 108 cm³/mol. The zero-order valence-electron chi connectivity index (χ0n) is 15.9. The molecule has 146 valence electrons. The molecule has 0 saturated carbocycles. The Morgan fingerprint density at radius 3 is 2.39 bits per heavy atom. The number of aliphatic hydroxyl groups is 1. The quantitative estimate of drug-likeness (QED) is 0.755. The van der Waals surface area contributed by atoms with Gasteiger partial charge < -0.3 is 14.7 Å². The van der Waals surface area contributed by atoms with Gasteiger partial charge in [0.15, 0.2) is 0 Å². The third kappa shape index (κ3) is 3.48. The van der Waals surface area contributed by atoms with Crippen LogP contribution in [0, 0.1) is 6.92 Å². The van der Waals surface area contributed by atoms with Gasteiger partial charge in [-0.15, -0.1) is 0 Å². The second-order valence-corrected chi connectivity index (χ2v) is 6.93. The molecule has 1 aliphatic heterocycles. The fourth-order valence-electron chi connectivity index (χ4n) is 3.17. The van der Waals surface area contributed by atoms with Gasteiger partial charge in [-0.1, -0.05) is 41.4 Å². The predicted octanol–water partition coefficient (Wildman–Crippen LogP) is 2.87. The van der Waals surface area contributed by atoms with Crippen LogP contribution in [-0.4, -0.2) is 49.1 Å². The van der Waals surface area contributed by atoms with Crippen LogP contribution < -0.4 is 9.64 Å². The fraction of sp³-hybridized carbons (Fsp3) is 0.238. The second-order valence-electron chi connectivity index (χ2n) is 6.50. The molecule has 0 radical (unpaired) electrons. The molecule has 0 spiro atoms. The Bertz CT molecular complexity index is 953. The highest BCUT2D eigenvalue weighted by atomic mass is 35.5. The van der Waals surface area contributed by atoms with Crippen LogP contribution in [0.2, 0.25) is 5.02 Å². The maximum Gasteiger partial charge on any atom is 0.282 e. The molecule has 1 N–H and O–H groups in total. The van der Waals surface area contributed by atoms with Crippen molar-refractivity contribution in [3.63, 3.8) is 0 Å². The molecular formula is C21H21ClN2O4. The number of aryl methyl sites for hydroxylation is 1. The minimum Gasteiger partial charge on any atom is -0.495 e. The summed E-state index contributed by atoms with van der Waals surface area (Å²) in [5, 5.41) is 9.71. The number of aliphatic hydroxyl groups excluding tert-OH is 1. The number of anilines is 1. The van der Waals surface area contributed by atoms with Crippen LogP contribution in [0.15, 0.2) is 48.2 Å². The normalized spacial score (nSPS) is 14.1. The standard InChI is InChI=1S/C21H21ClN2O4/c1-13-4-6-14(7-5-13)18-19(23(2)10-11-25)21(27)24(20(18)26)16-12-15(22)8-9-17(16)28-3/h4-9,12,25H,10-11H2,1-3H3. The minimum absolute atomic E-state index is 0.150. The highest BCUT2D eigenvalue weighted by Gasteiger charge is 2.42. The summed E-state index contributed by atoms with van der Waals surface area (Å²) < 4.78 is 5.33. The molecule has 1 aliphatic rings. The summed E-state index contributed by atoms with van der Waals surface area (Å²) in [5.74, 6) is -0.591. The fourth-order valence-corrected chi connectivity index (χ4v) is 3.34. The summed E-state index contributed by atoms with van der Waals surface area (Å²) in [6, 6.07) is 12.1. The van der Waals surface area contributed by atoms with Crippen LogP contribution in [0.1, 0.15) is 11.1 Å². The molecule has 1 heterocycles. The Balaban J connectivity index is 2.17. The molecule has 7 heteroatoms. The van der Waals surface area contributed by atoms with Gasteiger partial charge >= 0.3 is 0 Å². The summed E-state index contributed by atoms with van der Waals surface area (Å²) in [6.07, 6.45) is 0. The van der Waals surface area contributed by atoms with E-state index in [1.165, 1.54) is 13.2 Å². The summed E-state index contributed by atoms with van der Waals surface area (Å²) in [6.45, 7) is 2.01. The van der Waals surface area contributed by atoms with Crippen LogP contribution in [0.4, 0.5) is 5.69 Å². The number of benzene rings is 2. The minimum atomic E-state index is -0.489. The van der Waals surface area contributed by atoms with Gasteiger partial charge in [-0.05, 0) is 30.7 Å². The second kappa shape index (κ2) is 8.04. The summed E-state index contributed by atoms with van der Waals surface area (Å²) in [4.78, 5) is 29.3. The topological polar surface area (TPSA) is 70.1 Å². The number of hydrogen-bond acceptors (Lipinski definition) is 5. The Labute approximate surface area is 168 Å². The van der Waals surface area contributed by atoms with Crippen LogP contribution in [0.25, 0.3) is 5.57 Å². The Morgan fingerprint density at radius 1 is 1.11 bits per heavy atom. The van der Waals surface area contributed by atoms with Crippen LogP contribution in [-0.2, 0) is 9.59 Å². The van der Waals surface area contributed by atoms with Crippen molar-refractivity contribution in [1.82, 2.24) is 4.90 Å². The van der Waals surface area contributed by atoms with Gasteiger partial charge in [0, 0.05) is 18.6 Å². The molecule has 28 heavy (non-hydrogen) atoms. The molecule has 3 rings (SSSR count). The first-order valence-electron chi connectivity index (χ1n) is 8.74. The van der Waals surface area contributed by atoms with E-state index >= 15 is 0 Å². The molecule has 0 fully saturated rings. The summed E-state index contributed by atoms with van der Waals surface area (Å²) >= 11 is 6.11. The van der Waals surface area contributed by atoms with E-state index in [2.05, 4.69) is 0 Å². The first kappa shape index (κ1) is 19.9. The van der Waals surface area contributed by atoms with Crippen LogP contribution in [0.3, 0.4) is 0 Å². The molecule has 0 saturated heterocycles. The van der Waals surface area contributed by atoms with E-state index in [1.807, 2.05) is 19.1 Å². The van der Waals surface area contributed by atoms with Crippen LogP contribution >= 0.6 is 11.6 Å². The number of carbonyl (C=O) groups excluding carboxylic acids is 2. The number of ether oxygens (including phenoxy) is 1. The number of amides is 2. The van der Waals surface area contributed by atoms with Crippen molar-refractivity contribution in [2.75, 3.05) is 32.2 Å². The third-order valence-corrected chi connectivity index (χ3v) is 4.83. The highest BCUT2D eigenvalue weighted by molar-refractivity contribution is 6.46. The molecule has 0 atom stereocenters. The van der Waals surface area contributed by atoms with Gasteiger partial charge in [0.25, 0.3) is 11.8 Å². The average molecular weight is 401 g/mol. The zero-order chi connectivity index (χ0) is 20.4. The molecule has 2 aromatic carbocycles. The number of halogens is 1. The first-order chi connectivity index (χ1) is 13.4. The molecule has 0 bridgehead atoms. The number of hydrogen-bond donors (Lipinski definition) is 1. The van der Waals surface area contributed by atoms with Crippen LogP contribution in [0.5, 0.6) is 5.75 Å². The van der Waals surface area contributed by atoms with Crippen molar-refractivity contribution in [2.24, 2.45) is 0 Å². The number of carbonyl (C=O) groups is 2. The average Bonchev–Trinajstić information content (AvgIpc) is 2.93. The largest absolute Gasteiger partial charge is 0.495 e. The van der Waals surface area contributed by atoms with Crippen molar-refractivity contribution in [3.8, 4) is 5.75 Å². The SMILES string of the molecule is COc1ccc(Cl)cc1N1C(=O)C(c2ccc(C)cc2)=C(N(C)CCO)C1=O.